The van der Waals surface area contributed by atoms with E-state index in [1.54, 1.807) is 5.56 Å². The largest absolute Gasteiger partial charge is 0.317 e. The second kappa shape index (κ2) is 16.4. The number of aromatic nitrogens is 3. The molecule has 0 bridgehead atoms. The summed E-state index contributed by atoms with van der Waals surface area (Å²) in [4.78, 5) is 14.1. The predicted octanol–water partition coefficient (Wildman–Crippen LogP) is 10.7. The molecule has 1 fully saturated rings. The van der Waals surface area contributed by atoms with E-state index in [-0.39, 0.29) is 20.1 Å². The average Bonchev–Trinajstić information content (AvgIpc) is 3.68. The smallest absolute Gasteiger partial charge is 0.0799 e. The first-order valence-corrected chi connectivity index (χ1v) is 20.3. The zero-order chi connectivity index (χ0) is 32.6. The zero-order valence-corrected chi connectivity index (χ0v) is 31.7. The normalized spacial score (nSPS) is 13.6. The summed E-state index contributed by atoms with van der Waals surface area (Å²) in [7, 11) is -1.39. The molecule has 1 aliphatic rings. The molecule has 5 heteroatoms. The molecule has 1 radical (unpaired) electrons. The number of rotatable bonds is 7. The van der Waals surface area contributed by atoms with Crippen LogP contribution < -0.4 is 5.19 Å². The van der Waals surface area contributed by atoms with Crippen molar-refractivity contribution >= 4 is 13.3 Å². The van der Waals surface area contributed by atoms with Crippen LogP contribution in [0.15, 0.2) is 128 Å². The monoisotopic (exact) mass is 822 g/mol. The van der Waals surface area contributed by atoms with E-state index in [1.165, 1.54) is 30.9 Å². The fourth-order valence-corrected chi connectivity index (χ4v) is 8.13. The SMILES string of the molecule is CC(c1cc(-c2[c-]cccc2)ncc1[Si](C)(C)C)C1CCCC1.[Ir].[c-]1ccc(-c2ccccc2)nc1-c1ccc(-c2ccccc2)cn1. The van der Waals surface area contributed by atoms with Crippen LogP contribution in [0.5, 0.6) is 0 Å². The molecule has 3 nitrogen and oxygen atoms in total. The Hall–Kier alpha value is -4.02. The minimum absolute atomic E-state index is 0. The van der Waals surface area contributed by atoms with Gasteiger partial charge in [0.15, 0.2) is 0 Å². The molecule has 48 heavy (non-hydrogen) atoms. The van der Waals surface area contributed by atoms with E-state index in [0.29, 0.717) is 5.92 Å². The molecule has 0 saturated heterocycles. The van der Waals surface area contributed by atoms with E-state index in [9.17, 15) is 0 Å². The molecular weight excluding hydrogens is 779 g/mol. The number of hydrogen-bond donors (Lipinski definition) is 0. The van der Waals surface area contributed by atoms with E-state index in [0.717, 1.165) is 50.9 Å². The van der Waals surface area contributed by atoms with Crippen LogP contribution in [0.1, 0.15) is 44.1 Å². The van der Waals surface area contributed by atoms with Crippen molar-refractivity contribution in [2.45, 2.75) is 58.2 Å². The van der Waals surface area contributed by atoms with Crippen LogP contribution in [0.3, 0.4) is 0 Å². The first-order chi connectivity index (χ1) is 22.9. The van der Waals surface area contributed by atoms with Gasteiger partial charge in [-0.25, -0.2) is 0 Å². The second-order valence-corrected chi connectivity index (χ2v) is 18.5. The summed E-state index contributed by atoms with van der Waals surface area (Å²) in [6.45, 7) is 9.74. The molecule has 6 aromatic rings. The summed E-state index contributed by atoms with van der Waals surface area (Å²) >= 11 is 0. The Morgan fingerprint density at radius 2 is 1.31 bits per heavy atom. The number of nitrogens with zero attached hydrogens (tertiary/aromatic N) is 3. The van der Waals surface area contributed by atoms with Gasteiger partial charge in [-0.3, -0.25) is 4.98 Å². The molecule has 0 aliphatic heterocycles. The fourth-order valence-electron chi connectivity index (χ4n) is 6.51. The van der Waals surface area contributed by atoms with Crippen LogP contribution >= 0.6 is 0 Å². The van der Waals surface area contributed by atoms with Gasteiger partial charge in [-0.15, -0.1) is 42.0 Å². The molecule has 3 aromatic heterocycles. The van der Waals surface area contributed by atoms with Crippen LogP contribution in [-0.2, 0) is 20.1 Å². The fraction of sp³-hybridized carbons (Fsp3) is 0.233. The van der Waals surface area contributed by atoms with Crippen molar-refractivity contribution in [2.75, 3.05) is 0 Å². The molecule has 1 saturated carbocycles. The summed E-state index contributed by atoms with van der Waals surface area (Å²) in [5.74, 6) is 1.49. The average molecular weight is 822 g/mol. The van der Waals surface area contributed by atoms with Crippen molar-refractivity contribution in [2.24, 2.45) is 5.92 Å². The Morgan fingerprint density at radius 3 is 1.94 bits per heavy atom. The number of benzene rings is 3. The molecule has 3 aromatic carbocycles. The van der Waals surface area contributed by atoms with Gasteiger partial charge in [0.05, 0.1) is 8.07 Å². The standard InChI is InChI=1S/C22H15N2.C21H28NSi.Ir/c1-3-8-17(9-4-1)19-14-15-21(23-16-19)22-13-7-12-20(24-22)18-10-5-2-6-11-18;1-16(17-10-8-9-11-17)19-14-20(18-12-6-5-7-13-18)22-15-21(19)23(2,3)4;/h1-12,14-16H;5-7,12,14-17H,8-11H2,1-4H3;/q2*-1;. The van der Waals surface area contributed by atoms with E-state index < -0.39 is 8.07 Å². The maximum atomic E-state index is 4.79. The van der Waals surface area contributed by atoms with Crippen molar-refractivity contribution in [1.82, 2.24) is 15.0 Å². The molecule has 245 valence electrons. The molecule has 0 N–H and O–H groups in total. The first-order valence-electron chi connectivity index (χ1n) is 16.8. The summed E-state index contributed by atoms with van der Waals surface area (Å²) in [6.07, 6.45) is 9.64. The van der Waals surface area contributed by atoms with Gasteiger partial charge in [-0.05, 0) is 63.6 Å². The van der Waals surface area contributed by atoms with Crippen LogP contribution in [0.4, 0.5) is 0 Å². The third kappa shape index (κ3) is 8.71. The Labute approximate surface area is 301 Å². The molecule has 0 spiro atoms. The van der Waals surface area contributed by atoms with E-state index in [1.807, 2.05) is 72.9 Å². The Bertz CT molecular complexity index is 1870. The molecule has 7 rings (SSSR count). The van der Waals surface area contributed by atoms with Gasteiger partial charge in [-0.2, -0.15) is 12.1 Å². The zero-order valence-electron chi connectivity index (χ0n) is 28.3. The Kier molecular flexibility index (Phi) is 12.0. The Balaban J connectivity index is 0.000000184. The van der Waals surface area contributed by atoms with Crippen LogP contribution in [0, 0.1) is 18.1 Å². The molecular formula is C43H43IrN3Si-2. The quantitative estimate of drug-likeness (QED) is 0.119. The van der Waals surface area contributed by atoms with Crippen LogP contribution in [-0.4, -0.2) is 23.0 Å². The van der Waals surface area contributed by atoms with Crippen molar-refractivity contribution in [3.63, 3.8) is 0 Å². The van der Waals surface area contributed by atoms with Gasteiger partial charge in [0.25, 0.3) is 0 Å². The van der Waals surface area contributed by atoms with E-state index >= 15 is 0 Å². The van der Waals surface area contributed by atoms with E-state index in [4.69, 9.17) is 9.97 Å². The van der Waals surface area contributed by atoms with Crippen molar-refractivity contribution in [3.8, 4) is 45.0 Å². The third-order valence-electron chi connectivity index (χ3n) is 9.20. The van der Waals surface area contributed by atoms with Crippen LogP contribution in [0.2, 0.25) is 19.6 Å². The summed E-state index contributed by atoms with van der Waals surface area (Å²) in [6, 6.07) is 45.4. The minimum atomic E-state index is -1.39. The third-order valence-corrected chi connectivity index (χ3v) is 11.2. The summed E-state index contributed by atoms with van der Waals surface area (Å²) in [5.41, 5.74) is 9.60. The second-order valence-electron chi connectivity index (χ2n) is 13.5. The molecule has 1 aliphatic carbocycles. The maximum Gasteiger partial charge on any atom is 0.0799 e. The molecule has 1 unspecified atom stereocenters. The molecule has 1 atom stereocenters. The van der Waals surface area contributed by atoms with Gasteiger partial charge in [0.2, 0.25) is 0 Å². The molecule has 3 heterocycles. The van der Waals surface area contributed by atoms with Crippen molar-refractivity contribution in [1.29, 1.82) is 0 Å². The summed E-state index contributed by atoms with van der Waals surface area (Å²) < 4.78 is 0. The van der Waals surface area contributed by atoms with Crippen molar-refractivity contribution < 1.29 is 20.1 Å². The molecule has 0 amide bonds. The van der Waals surface area contributed by atoms with Gasteiger partial charge < -0.3 is 9.97 Å². The van der Waals surface area contributed by atoms with Crippen molar-refractivity contribution in [3.05, 3.63) is 145 Å². The summed E-state index contributed by atoms with van der Waals surface area (Å²) in [5, 5.41) is 1.54. The van der Waals surface area contributed by atoms with E-state index in [2.05, 4.69) is 98.4 Å². The van der Waals surface area contributed by atoms with Crippen LogP contribution in [0.25, 0.3) is 45.0 Å². The van der Waals surface area contributed by atoms with Gasteiger partial charge >= 0.3 is 0 Å². The van der Waals surface area contributed by atoms with Gasteiger partial charge in [-0.1, -0.05) is 124 Å². The van der Waals surface area contributed by atoms with Gasteiger partial charge in [0, 0.05) is 38.2 Å². The van der Waals surface area contributed by atoms with Gasteiger partial charge in [0.1, 0.15) is 0 Å². The Morgan fingerprint density at radius 1 is 0.646 bits per heavy atom. The number of hydrogen-bond acceptors (Lipinski definition) is 3. The topological polar surface area (TPSA) is 38.7 Å². The first kappa shape index (κ1) is 35.3. The maximum absolute atomic E-state index is 4.79. The number of pyridine rings is 3. The minimum Gasteiger partial charge on any atom is -0.317 e. The predicted molar refractivity (Wildman–Crippen MR) is 199 cm³/mol.